The fraction of sp³-hybridized carbons (Fsp3) is 0.500. The largest absolute Gasteiger partial charge is 0.416 e. The van der Waals surface area contributed by atoms with E-state index >= 15 is 0 Å². The molecule has 7 heteroatoms. The van der Waals surface area contributed by atoms with E-state index in [-0.39, 0.29) is 10.7 Å². The quantitative estimate of drug-likeness (QED) is 0.623. The summed E-state index contributed by atoms with van der Waals surface area (Å²) in [6, 6.07) is 5.93. The lowest BCUT2D eigenvalue weighted by Gasteiger charge is -2.27. The highest BCUT2D eigenvalue weighted by Gasteiger charge is 2.36. The van der Waals surface area contributed by atoms with Crippen molar-refractivity contribution in [3.63, 3.8) is 0 Å². The molecular weight excluding hydrogens is 375 g/mol. The zero-order chi connectivity index (χ0) is 19.8. The van der Waals surface area contributed by atoms with E-state index in [1.807, 2.05) is 0 Å². The van der Waals surface area contributed by atoms with Gasteiger partial charge in [-0.3, -0.25) is 4.90 Å². The van der Waals surface area contributed by atoms with Crippen molar-refractivity contribution < 1.29 is 13.2 Å². The molecule has 1 aliphatic rings. The summed E-state index contributed by atoms with van der Waals surface area (Å²) < 4.78 is 41.1. The van der Waals surface area contributed by atoms with Crippen LogP contribution in [0.25, 0.3) is 11.3 Å². The Morgan fingerprint density at radius 2 is 1.93 bits per heavy atom. The van der Waals surface area contributed by atoms with E-state index < -0.39 is 11.7 Å². The summed E-state index contributed by atoms with van der Waals surface area (Å²) >= 11 is 5.77. The maximum Gasteiger partial charge on any atom is 0.416 e. The van der Waals surface area contributed by atoms with Crippen LogP contribution in [0.15, 0.2) is 30.5 Å². The number of rotatable bonds is 3. The third-order valence-corrected chi connectivity index (χ3v) is 5.41. The molecule has 3 rings (SSSR count). The van der Waals surface area contributed by atoms with Crippen molar-refractivity contribution in [2.24, 2.45) is 11.3 Å². The standard InChI is InChI=1S/C20H23ClF3N3/c1-19(2,3)15-7-9-27(12-15)11-14-5-4-13(10-16(14)20(22,23)24)17-6-8-25-18(21)26-17/h4-6,8,10,15H,7,9,11-12H2,1-3H3. The SMILES string of the molecule is CC(C)(C)C1CCN(Cc2ccc(-c3ccnc(Cl)n3)cc2C(F)(F)F)C1. The molecule has 0 bridgehead atoms. The van der Waals surface area contributed by atoms with Crippen LogP contribution >= 0.6 is 11.6 Å². The highest BCUT2D eigenvalue weighted by molar-refractivity contribution is 6.28. The summed E-state index contributed by atoms with van der Waals surface area (Å²) in [5.74, 6) is 0.495. The van der Waals surface area contributed by atoms with Gasteiger partial charge in [-0.2, -0.15) is 13.2 Å². The van der Waals surface area contributed by atoms with Crippen LogP contribution in [0.3, 0.4) is 0 Å². The molecular formula is C20H23ClF3N3. The minimum atomic E-state index is -4.43. The molecule has 1 fully saturated rings. The van der Waals surface area contributed by atoms with Gasteiger partial charge in [-0.1, -0.05) is 32.9 Å². The fourth-order valence-corrected chi connectivity index (χ4v) is 3.70. The third-order valence-electron chi connectivity index (χ3n) is 5.23. The number of nitrogens with zero attached hydrogens (tertiary/aromatic N) is 3. The van der Waals surface area contributed by atoms with Crippen LogP contribution in [0.5, 0.6) is 0 Å². The van der Waals surface area contributed by atoms with Crippen molar-refractivity contribution in [1.82, 2.24) is 14.9 Å². The molecule has 1 unspecified atom stereocenters. The van der Waals surface area contributed by atoms with E-state index in [1.165, 1.54) is 6.20 Å². The molecule has 2 aromatic rings. The molecule has 1 atom stereocenters. The van der Waals surface area contributed by atoms with E-state index in [1.54, 1.807) is 18.2 Å². The molecule has 0 spiro atoms. The van der Waals surface area contributed by atoms with Crippen LogP contribution in [0.2, 0.25) is 5.28 Å². The molecule has 27 heavy (non-hydrogen) atoms. The average Bonchev–Trinajstić information content (AvgIpc) is 3.03. The van der Waals surface area contributed by atoms with Gasteiger partial charge in [0.05, 0.1) is 11.3 Å². The zero-order valence-electron chi connectivity index (χ0n) is 15.6. The predicted octanol–water partition coefficient (Wildman–Crippen LogP) is 5.68. The topological polar surface area (TPSA) is 29.0 Å². The first kappa shape index (κ1) is 20.1. The number of hydrogen-bond donors (Lipinski definition) is 0. The lowest BCUT2D eigenvalue weighted by atomic mass is 9.80. The van der Waals surface area contributed by atoms with Crippen LogP contribution in [0, 0.1) is 11.3 Å². The number of aromatic nitrogens is 2. The summed E-state index contributed by atoms with van der Waals surface area (Å²) in [6.07, 6.45) is -1.98. The average molecular weight is 398 g/mol. The number of benzene rings is 1. The van der Waals surface area contributed by atoms with Crippen LogP contribution in [-0.4, -0.2) is 28.0 Å². The van der Waals surface area contributed by atoms with Gasteiger partial charge in [0.25, 0.3) is 0 Å². The summed E-state index contributed by atoms with van der Waals surface area (Å²) in [5, 5.41) is 0.00965. The highest BCUT2D eigenvalue weighted by atomic mass is 35.5. The number of alkyl halides is 3. The number of halogens is 4. The zero-order valence-corrected chi connectivity index (χ0v) is 16.4. The summed E-state index contributed by atoms with van der Waals surface area (Å²) in [5.41, 5.74) is 0.595. The smallest absolute Gasteiger partial charge is 0.299 e. The van der Waals surface area contributed by atoms with E-state index in [0.717, 1.165) is 25.6 Å². The Bertz CT molecular complexity index is 815. The Kier molecular flexibility index (Phi) is 5.50. The van der Waals surface area contributed by atoms with Gasteiger partial charge in [-0.05, 0) is 53.6 Å². The van der Waals surface area contributed by atoms with Crippen molar-refractivity contribution in [1.29, 1.82) is 0 Å². The van der Waals surface area contributed by atoms with Crippen LogP contribution in [-0.2, 0) is 12.7 Å². The van der Waals surface area contributed by atoms with Crippen molar-refractivity contribution in [3.8, 4) is 11.3 Å². The molecule has 0 saturated carbocycles. The third kappa shape index (κ3) is 4.79. The first-order chi connectivity index (χ1) is 12.5. The lowest BCUT2D eigenvalue weighted by molar-refractivity contribution is -0.138. The normalized spacial score (nSPS) is 18.9. The molecule has 0 radical (unpaired) electrons. The summed E-state index contributed by atoms with van der Waals surface area (Å²) in [7, 11) is 0. The van der Waals surface area contributed by atoms with Crippen molar-refractivity contribution >= 4 is 11.6 Å². The van der Waals surface area contributed by atoms with Crippen LogP contribution < -0.4 is 0 Å². The Balaban J connectivity index is 1.88. The number of likely N-dealkylation sites (tertiary alicyclic amines) is 1. The molecule has 146 valence electrons. The first-order valence-electron chi connectivity index (χ1n) is 8.95. The molecule has 0 N–H and O–H groups in total. The van der Waals surface area contributed by atoms with Gasteiger partial charge >= 0.3 is 6.18 Å². The van der Waals surface area contributed by atoms with Gasteiger partial charge in [-0.15, -0.1) is 0 Å². The highest BCUT2D eigenvalue weighted by Crippen LogP contribution is 2.38. The van der Waals surface area contributed by atoms with E-state index in [4.69, 9.17) is 11.6 Å². The molecule has 0 amide bonds. The molecule has 3 nitrogen and oxygen atoms in total. The monoisotopic (exact) mass is 397 g/mol. The molecule has 1 saturated heterocycles. The minimum Gasteiger partial charge on any atom is -0.299 e. The van der Waals surface area contributed by atoms with Gasteiger partial charge < -0.3 is 0 Å². The number of hydrogen-bond acceptors (Lipinski definition) is 3. The van der Waals surface area contributed by atoms with Gasteiger partial charge in [0, 0.05) is 24.8 Å². The van der Waals surface area contributed by atoms with E-state index in [9.17, 15) is 13.2 Å². The minimum absolute atomic E-state index is 0.00965. The second-order valence-corrected chi connectivity index (χ2v) is 8.51. The summed E-state index contributed by atoms with van der Waals surface area (Å²) in [6.45, 7) is 8.50. The lowest BCUT2D eigenvalue weighted by Crippen LogP contribution is -2.26. The Morgan fingerprint density at radius 3 is 2.52 bits per heavy atom. The molecule has 1 aromatic heterocycles. The van der Waals surface area contributed by atoms with E-state index in [0.29, 0.717) is 29.3 Å². The fourth-order valence-electron chi connectivity index (χ4n) is 3.56. The molecule has 1 aliphatic heterocycles. The Labute approximate surface area is 162 Å². The van der Waals surface area contributed by atoms with Gasteiger partial charge in [-0.25, -0.2) is 9.97 Å². The van der Waals surface area contributed by atoms with Crippen molar-refractivity contribution in [3.05, 3.63) is 46.9 Å². The maximum absolute atomic E-state index is 13.7. The van der Waals surface area contributed by atoms with E-state index in [2.05, 4.69) is 35.6 Å². The second-order valence-electron chi connectivity index (χ2n) is 8.17. The molecule has 2 heterocycles. The Morgan fingerprint density at radius 1 is 1.19 bits per heavy atom. The molecule has 0 aliphatic carbocycles. The Hall–Kier alpha value is -1.66. The molecule has 1 aromatic carbocycles. The second kappa shape index (κ2) is 7.40. The van der Waals surface area contributed by atoms with Gasteiger partial charge in [0.1, 0.15) is 0 Å². The summed E-state index contributed by atoms with van der Waals surface area (Å²) in [4.78, 5) is 9.90. The van der Waals surface area contributed by atoms with Crippen LogP contribution in [0.1, 0.15) is 38.3 Å². The maximum atomic E-state index is 13.7. The van der Waals surface area contributed by atoms with Gasteiger partial charge in [0.2, 0.25) is 5.28 Å². The van der Waals surface area contributed by atoms with Crippen molar-refractivity contribution in [2.45, 2.75) is 39.9 Å². The first-order valence-corrected chi connectivity index (χ1v) is 9.33. The predicted molar refractivity (Wildman–Crippen MR) is 100 cm³/mol. The van der Waals surface area contributed by atoms with Crippen molar-refractivity contribution in [2.75, 3.05) is 13.1 Å². The van der Waals surface area contributed by atoms with Crippen LogP contribution in [0.4, 0.5) is 13.2 Å². The van der Waals surface area contributed by atoms with Gasteiger partial charge in [0.15, 0.2) is 0 Å².